The zero-order chi connectivity index (χ0) is 16.2. The van der Waals surface area contributed by atoms with Gasteiger partial charge in [0, 0.05) is 6.54 Å². The van der Waals surface area contributed by atoms with Gasteiger partial charge in [-0.2, -0.15) is 18.2 Å². The molecule has 1 heterocycles. The summed E-state index contributed by atoms with van der Waals surface area (Å²) in [5.74, 6) is -1.38. The summed E-state index contributed by atoms with van der Waals surface area (Å²) in [5, 5.41) is 12.9. The summed E-state index contributed by atoms with van der Waals surface area (Å²) < 4.78 is 41.6. The van der Waals surface area contributed by atoms with Gasteiger partial charge < -0.3 is 9.63 Å². The number of alkyl halides is 3. The van der Waals surface area contributed by atoms with Crippen LogP contribution in [0.3, 0.4) is 0 Å². The molecule has 1 N–H and O–H groups in total. The van der Waals surface area contributed by atoms with Crippen molar-refractivity contribution < 1.29 is 22.8 Å². The van der Waals surface area contributed by atoms with Gasteiger partial charge in [0.2, 0.25) is 5.89 Å². The van der Waals surface area contributed by atoms with Crippen LogP contribution in [0.2, 0.25) is 0 Å². The lowest BCUT2D eigenvalue weighted by atomic mass is 10.1. The quantitative estimate of drug-likeness (QED) is 0.888. The number of hydrogen-bond acceptors (Lipinski definition) is 5. The Hall–Kier alpha value is -1.93. The number of aromatic nitrogens is 2. The van der Waals surface area contributed by atoms with E-state index in [-0.39, 0.29) is 12.4 Å². The molecule has 1 aromatic carbocycles. The van der Waals surface area contributed by atoms with Gasteiger partial charge in [-0.05, 0) is 19.0 Å². The van der Waals surface area contributed by atoms with Gasteiger partial charge in [-0.3, -0.25) is 4.90 Å². The number of aliphatic hydroxyl groups excluding tert-OH is 1. The molecule has 8 heteroatoms. The van der Waals surface area contributed by atoms with E-state index in [1.165, 1.54) is 0 Å². The monoisotopic (exact) mass is 315 g/mol. The van der Waals surface area contributed by atoms with Crippen LogP contribution in [0.4, 0.5) is 13.2 Å². The summed E-state index contributed by atoms with van der Waals surface area (Å²) in [6, 6.07) is 9.16. The molecule has 1 atom stereocenters. The second-order valence-electron chi connectivity index (χ2n) is 4.96. The standard InChI is InChI=1S/C14H16F3N3O2/c1-20(8-7-11(21)10-5-3-2-4-6-10)9-12-18-13(19-22-12)14(15,16)17/h2-6,11,21H,7-9H2,1H3/t11-/m0/s1. The van der Waals surface area contributed by atoms with Crippen molar-refractivity contribution in [2.75, 3.05) is 13.6 Å². The molecule has 22 heavy (non-hydrogen) atoms. The van der Waals surface area contributed by atoms with Crippen molar-refractivity contribution in [1.82, 2.24) is 15.0 Å². The molecule has 0 aliphatic heterocycles. The molecular formula is C14H16F3N3O2. The minimum Gasteiger partial charge on any atom is -0.388 e. The van der Waals surface area contributed by atoms with Gasteiger partial charge in [0.1, 0.15) is 0 Å². The normalized spacial score (nSPS) is 13.5. The Labute approximate surface area is 125 Å². The first-order chi connectivity index (χ1) is 10.4. The lowest BCUT2D eigenvalue weighted by molar-refractivity contribution is -0.146. The minimum absolute atomic E-state index is 0.0879. The molecule has 2 aromatic rings. The Morgan fingerprint density at radius 2 is 1.95 bits per heavy atom. The van der Waals surface area contributed by atoms with E-state index in [0.717, 1.165) is 5.56 Å². The fourth-order valence-electron chi connectivity index (χ4n) is 1.93. The van der Waals surface area contributed by atoms with E-state index in [2.05, 4.69) is 14.7 Å². The Bertz CT molecular complexity index is 587. The maximum absolute atomic E-state index is 12.3. The molecule has 0 radical (unpaired) electrons. The summed E-state index contributed by atoms with van der Waals surface area (Å²) in [6.07, 6.45) is -4.79. The van der Waals surface area contributed by atoms with Crippen molar-refractivity contribution in [3.63, 3.8) is 0 Å². The third-order valence-electron chi connectivity index (χ3n) is 3.10. The fourth-order valence-corrected chi connectivity index (χ4v) is 1.93. The molecule has 0 aliphatic carbocycles. The highest BCUT2D eigenvalue weighted by Crippen LogP contribution is 2.26. The van der Waals surface area contributed by atoms with Crippen molar-refractivity contribution in [2.24, 2.45) is 0 Å². The Morgan fingerprint density at radius 1 is 1.27 bits per heavy atom. The van der Waals surface area contributed by atoms with Crippen LogP contribution in [0.5, 0.6) is 0 Å². The van der Waals surface area contributed by atoms with E-state index in [9.17, 15) is 18.3 Å². The summed E-state index contributed by atoms with van der Waals surface area (Å²) in [7, 11) is 1.70. The lowest BCUT2D eigenvalue weighted by Crippen LogP contribution is -2.21. The van der Waals surface area contributed by atoms with E-state index in [1.54, 1.807) is 11.9 Å². The van der Waals surface area contributed by atoms with Crippen LogP contribution in [0.25, 0.3) is 0 Å². The van der Waals surface area contributed by atoms with Crippen molar-refractivity contribution in [3.05, 3.63) is 47.6 Å². The van der Waals surface area contributed by atoms with E-state index in [4.69, 9.17) is 0 Å². The van der Waals surface area contributed by atoms with Crippen LogP contribution >= 0.6 is 0 Å². The highest BCUT2D eigenvalue weighted by Gasteiger charge is 2.37. The van der Waals surface area contributed by atoms with Crippen molar-refractivity contribution in [1.29, 1.82) is 0 Å². The van der Waals surface area contributed by atoms with Crippen LogP contribution in [0, 0.1) is 0 Å². The third kappa shape index (κ3) is 4.54. The van der Waals surface area contributed by atoms with Crippen molar-refractivity contribution in [2.45, 2.75) is 25.2 Å². The molecule has 120 valence electrons. The van der Waals surface area contributed by atoms with Gasteiger partial charge in [0.05, 0.1) is 12.6 Å². The average molecular weight is 315 g/mol. The molecule has 0 unspecified atom stereocenters. The van der Waals surface area contributed by atoms with Crippen molar-refractivity contribution in [3.8, 4) is 0 Å². The number of aliphatic hydroxyl groups is 1. The number of halogens is 3. The first kappa shape index (κ1) is 16.4. The predicted molar refractivity (Wildman–Crippen MR) is 71.7 cm³/mol. The minimum atomic E-state index is -4.61. The molecule has 0 aliphatic rings. The van der Waals surface area contributed by atoms with Crippen LogP contribution in [0.1, 0.15) is 29.8 Å². The second kappa shape index (κ2) is 6.89. The molecule has 5 nitrogen and oxygen atoms in total. The largest absolute Gasteiger partial charge is 0.455 e. The van der Waals surface area contributed by atoms with Crippen molar-refractivity contribution >= 4 is 0 Å². The summed E-state index contributed by atoms with van der Waals surface area (Å²) in [4.78, 5) is 5.01. The predicted octanol–water partition coefficient (Wildman–Crippen LogP) is 2.64. The molecule has 0 saturated heterocycles. The molecular weight excluding hydrogens is 299 g/mol. The lowest BCUT2D eigenvalue weighted by Gasteiger charge is -2.17. The number of hydrogen-bond donors (Lipinski definition) is 1. The maximum atomic E-state index is 12.3. The Balaban J connectivity index is 1.83. The summed E-state index contributed by atoms with van der Waals surface area (Å²) in [5.41, 5.74) is 0.799. The fraction of sp³-hybridized carbons (Fsp3) is 0.429. The van der Waals surface area contributed by atoms with Gasteiger partial charge in [-0.1, -0.05) is 35.5 Å². The topological polar surface area (TPSA) is 62.4 Å². The van der Waals surface area contributed by atoms with Crippen LogP contribution < -0.4 is 0 Å². The number of nitrogens with zero attached hydrogens (tertiary/aromatic N) is 3. The van der Waals surface area contributed by atoms with Gasteiger partial charge in [0.15, 0.2) is 0 Å². The molecule has 0 fully saturated rings. The van der Waals surface area contributed by atoms with E-state index in [0.29, 0.717) is 13.0 Å². The second-order valence-corrected chi connectivity index (χ2v) is 4.96. The number of benzene rings is 1. The summed E-state index contributed by atoms with van der Waals surface area (Å²) >= 11 is 0. The SMILES string of the molecule is CN(CC[C@H](O)c1ccccc1)Cc1nc(C(F)(F)F)no1. The third-order valence-corrected chi connectivity index (χ3v) is 3.10. The molecule has 0 saturated carbocycles. The first-order valence-corrected chi connectivity index (χ1v) is 6.67. The maximum Gasteiger partial charge on any atom is 0.455 e. The highest BCUT2D eigenvalue weighted by molar-refractivity contribution is 5.17. The highest BCUT2D eigenvalue weighted by atomic mass is 19.4. The summed E-state index contributed by atoms with van der Waals surface area (Å²) in [6.45, 7) is 0.560. The van der Waals surface area contributed by atoms with Crippen LogP contribution in [0.15, 0.2) is 34.9 Å². The molecule has 0 bridgehead atoms. The smallest absolute Gasteiger partial charge is 0.388 e. The van der Waals surface area contributed by atoms with Crippen LogP contribution in [-0.4, -0.2) is 33.7 Å². The van der Waals surface area contributed by atoms with Gasteiger partial charge in [-0.15, -0.1) is 0 Å². The Kier molecular flexibility index (Phi) is 5.15. The Morgan fingerprint density at radius 3 is 2.55 bits per heavy atom. The van der Waals surface area contributed by atoms with Gasteiger partial charge in [0.25, 0.3) is 5.82 Å². The molecule has 0 spiro atoms. The zero-order valence-corrected chi connectivity index (χ0v) is 11.9. The van der Waals surface area contributed by atoms with E-state index in [1.807, 2.05) is 30.3 Å². The molecule has 2 rings (SSSR count). The molecule has 0 amide bonds. The van der Waals surface area contributed by atoms with Crippen LogP contribution in [-0.2, 0) is 12.7 Å². The van der Waals surface area contributed by atoms with Gasteiger partial charge in [-0.25, -0.2) is 0 Å². The van der Waals surface area contributed by atoms with E-state index >= 15 is 0 Å². The zero-order valence-electron chi connectivity index (χ0n) is 11.9. The average Bonchev–Trinajstić information content (AvgIpc) is 2.94. The van der Waals surface area contributed by atoms with E-state index < -0.39 is 18.1 Å². The number of rotatable bonds is 6. The first-order valence-electron chi connectivity index (χ1n) is 6.67. The van der Waals surface area contributed by atoms with Gasteiger partial charge >= 0.3 is 6.18 Å². The molecule has 1 aromatic heterocycles.